The van der Waals surface area contributed by atoms with Gasteiger partial charge in [0, 0.05) is 37.7 Å². The molecule has 0 spiro atoms. The highest BCUT2D eigenvalue weighted by atomic mass is 32.2. The average Bonchev–Trinajstić information content (AvgIpc) is 2.34. The zero-order chi connectivity index (χ0) is 12.5. The maximum Gasteiger partial charge on any atom is 0.320 e. The number of carboxylic acids is 1. The number of aliphatic carboxylic acids is 1. The van der Waals surface area contributed by atoms with E-state index in [0.29, 0.717) is 0 Å². The predicted molar refractivity (Wildman–Crippen MR) is 72.7 cm³/mol. The first-order valence-corrected chi connectivity index (χ1v) is 7.65. The van der Waals surface area contributed by atoms with E-state index in [-0.39, 0.29) is 6.04 Å². The van der Waals surface area contributed by atoms with Crippen molar-refractivity contribution in [3.05, 3.63) is 0 Å². The van der Waals surface area contributed by atoms with Crippen molar-refractivity contribution in [3.63, 3.8) is 0 Å². The number of hydrogen-bond donors (Lipinski definition) is 2. The van der Waals surface area contributed by atoms with E-state index < -0.39 is 5.97 Å². The maximum absolute atomic E-state index is 11.0. The first-order valence-electron chi connectivity index (χ1n) is 6.50. The van der Waals surface area contributed by atoms with Gasteiger partial charge in [-0.05, 0) is 6.42 Å². The van der Waals surface area contributed by atoms with Crippen molar-refractivity contribution in [2.24, 2.45) is 0 Å². The second kappa shape index (κ2) is 8.78. The molecule has 1 unspecified atom stereocenters. The van der Waals surface area contributed by atoms with Crippen LogP contribution in [0.1, 0.15) is 26.2 Å². The molecular formula is C12H24N2O2S. The number of unbranched alkanes of at least 4 members (excludes halogenated alkanes) is 1. The van der Waals surface area contributed by atoms with Crippen molar-refractivity contribution >= 4 is 17.7 Å². The molecule has 0 aromatic heterocycles. The molecule has 5 heteroatoms. The van der Waals surface area contributed by atoms with E-state index in [4.69, 9.17) is 5.11 Å². The molecule has 0 saturated carbocycles. The monoisotopic (exact) mass is 260 g/mol. The van der Waals surface area contributed by atoms with Crippen LogP contribution in [0.4, 0.5) is 0 Å². The number of carbonyl (C=O) groups is 1. The van der Waals surface area contributed by atoms with Crippen molar-refractivity contribution in [1.29, 1.82) is 0 Å². The fourth-order valence-electron chi connectivity index (χ4n) is 1.94. The molecular weight excluding hydrogens is 236 g/mol. The van der Waals surface area contributed by atoms with Crippen LogP contribution in [0.15, 0.2) is 0 Å². The van der Waals surface area contributed by atoms with Gasteiger partial charge in [-0.1, -0.05) is 19.8 Å². The second-order valence-corrected chi connectivity index (χ2v) is 5.67. The van der Waals surface area contributed by atoms with E-state index in [0.717, 1.165) is 45.4 Å². The Labute approximate surface area is 108 Å². The van der Waals surface area contributed by atoms with Crippen molar-refractivity contribution in [2.45, 2.75) is 32.2 Å². The predicted octanol–water partition coefficient (Wildman–Crippen LogP) is 1.27. The molecule has 1 fully saturated rings. The SMILES string of the molecule is CCCCC(NCCN1CCSCC1)C(=O)O. The third-order valence-corrected chi connectivity index (χ3v) is 4.01. The summed E-state index contributed by atoms with van der Waals surface area (Å²) in [6.07, 6.45) is 2.76. The van der Waals surface area contributed by atoms with Crippen LogP contribution < -0.4 is 5.32 Å². The van der Waals surface area contributed by atoms with Gasteiger partial charge in [0.1, 0.15) is 6.04 Å². The molecule has 0 bridgehead atoms. The van der Waals surface area contributed by atoms with E-state index in [1.54, 1.807) is 0 Å². The molecule has 0 aromatic rings. The van der Waals surface area contributed by atoms with E-state index in [1.165, 1.54) is 11.5 Å². The lowest BCUT2D eigenvalue weighted by molar-refractivity contribution is -0.139. The summed E-state index contributed by atoms with van der Waals surface area (Å²) >= 11 is 2.00. The Bertz CT molecular complexity index is 221. The summed E-state index contributed by atoms with van der Waals surface area (Å²) in [5.74, 6) is 1.70. The second-order valence-electron chi connectivity index (χ2n) is 4.44. The summed E-state index contributed by atoms with van der Waals surface area (Å²) < 4.78 is 0. The van der Waals surface area contributed by atoms with Crippen LogP contribution in [0.2, 0.25) is 0 Å². The summed E-state index contributed by atoms with van der Waals surface area (Å²) in [5.41, 5.74) is 0. The highest BCUT2D eigenvalue weighted by molar-refractivity contribution is 7.99. The van der Waals surface area contributed by atoms with Crippen molar-refractivity contribution < 1.29 is 9.90 Å². The van der Waals surface area contributed by atoms with Crippen LogP contribution in [0.25, 0.3) is 0 Å². The van der Waals surface area contributed by atoms with Crippen LogP contribution in [-0.4, -0.2) is 59.7 Å². The lowest BCUT2D eigenvalue weighted by atomic mass is 10.1. The van der Waals surface area contributed by atoms with Gasteiger partial charge >= 0.3 is 5.97 Å². The fraction of sp³-hybridized carbons (Fsp3) is 0.917. The van der Waals surface area contributed by atoms with Crippen LogP contribution >= 0.6 is 11.8 Å². The molecule has 1 saturated heterocycles. The van der Waals surface area contributed by atoms with Crippen molar-refractivity contribution in [2.75, 3.05) is 37.7 Å². The molecule has 17 heavy (non-hydrogen) atoms. The zero-order valence-corrected chi connectivity index (χ0v) is 11.5. The third kappa shape index (κ3) is 6.29. The fourth-order valence-corrected chi connectivity index (χ4v) is 2.92. The highest BCUT2D eigenvalue weighted by Crippen LogP contribution is 2.08. The Balaban J connectivity index is 2.14. The Hall–Kier alpha value is -0.260. The number of hydrogen-bond acceptors (Lipinski definition) is 4. The molecule has 1 heterocycles. The van der Waals surface area contributed by atoms with Crippen LogP contribution in [-0.2, 0) is 4.79 Å². The zero-order valence-electron chi connectivity index (χ0n) is 10.7. The van der Waals surface area contributed by atoms with Gasteiger partial charge in [-0.25, -0.2) is 0 Å². The lowest BCUT2D eigenvalue weighted by Crippen LogP contribution is -2.43. The number of nitrogens with zero attached hydrogens (tertiary/aromatic N) is 1. The normalized spacial score (nSPS) is 19.1. The number of nitrogens with one attached hydrogen (secondary N) is 1. The molecule has 1 atom stereocenters. The topological polar surface area (TPSA) is 52.6 Å². The smallest absolute Gasteiger partial charge is 0.320 e. The molecule has 0 amide bonds. The molecule has 2 N–H and O–H groups in total. The number of carboxylic acid groups (broad SMARTS) is 1. The van der Waals surface area contributed by atoms with Crippen molar-refractivity contribution in [3.8, 4) is 0 Å². The third-order valence-electron chi connectivity index (χ3n) is 3.07. The minimum Gasteiger partial charge on any atom is -0.480 e. The van der Waals surface area contributed by atoms with Gasteiger partial charge in [0.15, 0.2) is 0 Å². The molecule has 100 valence electrons. The van der Waals surface area contributed by atoms with Gasteiger partial charge < -0.3 is 15.3 Å². The van der Waals surface area contributed by atoms with E-state index >= 15 is 0 Å². The Morgan fingerprint density at radius 1 is 1.47 bits per heavy atom. The minimum absolute atomic E-state index is 0.367. The Morgan fingerprint density at radius 3 is 2.76 bits per heavy atom. The largest absolute Gasteiger partial charge is 0.480 e. The minimum atomic E-state index is -0.715. The average molecular weight is 260 g/mol. The van der Waals surface area contributed by atoms with Crippen LogP contribution in [0.3, 0.4) is 0 Å². The molecule has 0 aliphatic carbocycles. The summed E-state index contributed by atoms with van der Waals surface area (Å²) in [7, 11) is 0. The number of rotatable bonds is 8. The van der Waals surface area contributed by atoms with Crippen molar-refractivity contribution in [1.82, 2.24) is 10.2 Å². The highest BCUT2D eigenvalue weighted by Gasteiger charge is 2.16. The quantitative estimate of drug-likeness (QED) is 0.688. The molecule has 1 rings (SSSR count). The maximum atomic E-state index is 11.0. The van der Waals surface area contributed by atoms with Gasteiger partial charge in [0.25, 0.3) is 0 Å². The standard InChI is InChI=1S/C12H24N2O2S/c1-2-3-4-11(12(15)16)13-5-6-14-7-9-17-10-8-14/h11,13H,2-10H2,1H3,(H,15,16). The van der Waals surface area contributed by atoms with E-state index in [9.17, 15) is 4.79 Å². The summed E-state index contributed by atoms with van der Waals surface area (Å²) in [5, 5.41) is 12.2. The summed E-state index contributed by atoms with van der Waals surface area (Å²) in [4.78, 5) is 13.4. The first-order chi connectivity index (χ1) is 8.24. The van der Waals surface area contributed by atoms with Crippen LogP contribution in [0, 0.1) is 0 Å². The first kappa shape index (κ1) is 14.8. The van der Waals surface area contributed by atoms with E-state index in [1.807, 2.05) is 11.8 Å². The molecule has 1 aliphatic heterocycles. The Morgan fingerprint density at radius 2 is 2.18 bits per heavy atom. The van der Waals surface area contributed by atoms with E-state index in [2.05, 4.69) is 17.1 Å². The Kier molecular flexibility index (Phi) is 7.64. The summed E-state index contributed by atoms with van der Waals surface area (Å²) in [6.45, 7) is 6.12. The van der Waals surface area contributed by atoms with Crippen LogP contribution in [0.5, 0.6) is 0 Å². The van der Waals surface area contributed by atoms with Gasteiger partial charge in [-0.2, -0.15) is 11.8 Å². The van der Waals surface area contributed by atoms with Gasteiger partial charge in [0.2, 0.25) is 0 Å². The van der Waals surface area contributed by atoms with Gasteiger partial charge in [-0.3, -0.25) is 4.79 Å². The lowest BCUT2D eigenvalue weighted by Gasteiger charge is -2.26. The van der Waals surface area contributed by atoms with Gasteiger partial charge in [-0.15, -0.1) is 0 Å². The summed E-state index contributed by atoms with van der Waals surface area (Å²) in [6, 6.07) is -0.367. The van der Waals surface area contributed by atoms with Gasteiger partial charge in [0.05, 0.1) is 0 Å². The number of thioether (sulfide) groups is 1. The molecule has 0 radical (unpaired) electrons. The molecule has 1 aliphatic rings. The molecule has 4 nitrogen and oxygen atoms in total. The molecule has 0 aromatic carbocycles.